The Hall–Kier alpha value is -4.40. The number of nitrogens with one attached hydrogen (secondary N) is 1. The minimum absolute atomic E-state index is 0.168. The van der Waals surface area contributed by atoms with E-state index in [1.54, 1.807) is 24.0 Å². The monoisotopic (exact) mass is 428 g/mol. The number of methoxy groups -OCH3 is 1. The number of nitrogens with zero attached hydrogens (tertiary/aromatic N) is 5. The van der Waals surface area contributed by atoms with Crippen LogP contribution in [-0.2, 0) is 17.9 Å². The first-order valence-electron chi connectivity index (χ1n) is 10.0. The van der Waals surface area contributed by atoms with E-state index in [-0.39, 0.29) is 18.1 Å². The maximum Gasteiger partial charge on any atom is 0.350 e. The van der Waals surface area contributed by atoms with E-state index in [0.717, 1.165) is 27.3 Å². The van der Waals surface area contributed by atoms with Crippen molar-refractivity contribution < 1.29 is 9.53 Å². The van der Waals surface area contributed by atoms with Gasteiger partial charge in [0.2, 0.25) is 5.91 Å². The molecule has 1 amide bonds. The first-order chi connectivity index (χ1) is 15.6. The summed E-state index contributed by atoms with van der Waals surface area (Å²) in [6, 6.07) is 19.0. The molecule has 0 aliphatic heterocycles. The molecule has 0 radical (unpaired) electrons. The standard InChI is InChI=1S/C23H20N6O3/c1-32-18-9-7-17(8-10-18)19-13-20-22-26-29(23(31)27(22)11-12-28(20)25-19)15-21(30)24-14-16-5-3-2-4-6-16/h2-13H,14-15H2,1H3,(H,24,30). The van der Waals surface area contributed by atoms with E-state index in [1.165, 1.54) is 4.40 Å². The van der Waals surface area contributed by atoms with E-state index in [1.807, 2.05) is 60.7 Å². The average molecular weight is 428 g/mol. The second kappa shape index (κ2) is 8.03. The van der Waals surface area contributed by atoms with Crippen molar-refractivity contribution in [1.82, 2.24) is 29.1 Å². The largest absolute Gasteiger partial charge is 0.497 e. The Bertz CT molecular complexity index is 1470. The molecule has 0 unspecified atom stereocenters. The zero-order valence-electron chi connectivity index (χ0n) is 17.3. The number of hydrogen-bond donors (Lipinski definition) is 1. The van der Waals surface area contributed by atoms with Gasteiger partial charge in [-0.3, -0.25) is 4.79 Å². The molecule has 32 heavy (non-hydrogen) atoms. The van der Waals surface area contributed by atoms with Gasteiger partial charge >= 0.3 is 5.69 Å². The smallest absolute Gasteiger partial charge is 0.350 e. The van der Waals surface area contributed by atoms with E-state index in [9.17, 15) is 9.59 Å². The number of hydrogen-bond acceptors (Lipinski definition) is 5. The normalized spacial score (nSPS) is 11.2. The van der Waals surface area contributed by atoms with Crippen LogP contribution in [0.4, 0.5) is 0 Å². The lowest BCUT2D eigenvalue weighted by Crippen LogP contribution is -2.32. The molecule has 3 heterocycles. The molecule has 2 aromatic carbocycles. The van der Waals surface area contributed by atoms with Crippen molar-refractivity contribution in [3.8, 4) is 17.0 Å². The van der Waals surface area contributed by atoms with Gasteiger partial charge in [-0.1, -0.05) is 30.3 Å². The summed E-state index contributed by atoms with van der Waals surface area (Å²) in [7, 11) is 1.62. The van der Waals surface area contributed by atoms with Gasteiger partial charge < -0.3 is 10.1 Å². The molecule has 9 heteroatoms. The second-order valence-electron chi connectivity index (χ2n) is 7.28. The Kier molecular flexibility index (Phi) is 4.91. The Morgan fingerprint density at radius 1 is 1.03 bits per heavy atom. The number of amides is 1. The van der Waals surface area contributed by atoms with Gasteiger partial charge in [0, 0.05) is 24.5 Å². The van der Waals surface area contributed by atoms with Crippen molar-refractivity contribution in [2.24, 2.45) is 0 Å². The molecule has 0 atom stereocenters. The summed E-state index contributed by atoms with van der Waals surface area (Å²) in [6.45, 7) is 0.221. The van der Waals surface area contributed by atoms with Crippen LogP contribution >= 0.6 is 0 Å². The number of carbonyl (C=O) groups excluding carboxylic acids is 1. The molecule has 0 aliphatic carbocycles. The van der Waals surface area contributed by atoms with Crippen LogP contribution in [0.2, 0.25) is 0 Å². The molecule has 0 bridgehead atoms. The fraction of sp³-hybridized carbons (Fsp3) is 0.130. The Morgan fingerprint density at radius 3 is 2.56 bits per heavy atom. The number of benzene rings is 2. The van der Waals surface area contributed by atoms with E-state index >= 15 is 0 Å². The number of rotatable bonds is 6. The quantitative estimate of drug-likeness (QED) is 0.447. The fourth-order valence-electron chi connectivity index (χ4n) is 3.53. The summed E-state index contributed by atoms with van der Waals surface area (Å²) in [5.74, 6) is 0.471. The van der Waals surface area contributed by atoms with E-state index in [4.69, 9.17) is 4.74 Å². The van der Waals surface area contributed by atoms with Crippen molar-refractivity contribution >= 4 is 17.1 Å². The molecular formula is C23H20N6O3. The lowest BCUT2D eigenvalue weighted by atomic mass is 10.1. The van der Waals surface area contributed by atoms with Crippen LogP contribution in [0.3, 0.4) is 0 Å². The highest BCUT2D eigenvalue weighted by molar-refractivity contribution is 5.78. The predicted octanol–water partition coefficient (Wildman–Crippen LogP) is 2.14. The topological polar surface area (TPSA) is 94.9 Å². The molecule has 3 aromatic heterocycles. The van der Waals surface area contributed by atoms with Gasteiger partial charge in [-0.15, -0.1) is 5.10 Å². The minimum Gasteiger partial charge on any atom is -0.497 e. The highest BCUT2D eigenvalue weighted by Gasteiger charge is 2.15. The highest BCUT2D eigenvalue weighted by atomic mass is 16.5. The lowest BCUT2D eigenvalue weighted by Gasteiger charge is -2.04. The molecular weight excluding hydrogens is 408 g/mol. The summed E-state index contributed by atoms with van der Waals surface area (Å²) in [5.41, 5.74) is 3.34. The van der Waals surface area contributed by atoms with Gasteiger partial charge in [0.05, 0.1) is 12.8 Å². The van der Waals surface area contributed by atoms with Crippen molar-refractivity contribution in [1.29, 1.82) is 0 Å². The van der Waals surface area contributed by atoms with Crippen LogP contribution in [0.5, 0.6) is 5.75 Å². The fourth-order valence-corrected chi connectivity index (χ4v) is 3.53. The molecule has 0 aliphatic rings. The van der Waals surface area contributed by atoms with Crippen molar-refractivity contribution in [3.63, 3.8) is 0 Å². The molecule has 9 nitrogen and oxygen atoms in total. The highest BCUT2D eigenvalue weighted by Crippen LogP contribution is 2.23. The van der Waals surface area contributed by atoms with Crippen LogP contribution in [0, 0.1) is 0 Å². The number of carbonyl (C=O) groups is 1. The van der Waals surface area contributed by atoms with Gasteiger partial charge in [0.15, 0.2) is 5.65 Å². The SMILES string of the molecule is COc1ccc(-c2cc3c4nn(CC(=O)NCc5ccccc5)c(=O)n4ccn3n2)cc1. The maximum atomic E-state index is 12.8. The van der Waals surface area contributed by atoms with Crippen LogP contribution in [-0.4, -0.2) is 36.8 Å². The number of fused-ring (bicyclic) bond motifs is 3. The van der Waals surface area contributed by atoms with Gasteiger partial charge in [0.25, 0.3) is 0 Å². The van der Waals surface area contributed by atoms with Gasteiger partial charge in [-0.25, -0.2) is 18.4 Å². The van der Waals surface area contributed by atoms with Gasteiger partial charge in [-0.05, 0) is 35.9 Å². The maximum absolute atomic E-state index is 12.8. The van der Waals surface area contributed by atoms with Crippen molar-refractivity contribution in [3.05, 3.63) is 89.1 Å². The second-order valence-corrected chi connectivity index (χ2v) is 7.28. The van der Waals surface area contributed by atoms with Crippen LogP contribution in [0.25, 0.3) is 22.4 Å². The molecule has 0 spiro atoms. The zero-order chi connectivity index (χ0) is 22.1. The average Bonchev–Trinajstić information content (AvgIpc) is 3.40. The molecule has 0 saturated heterocycles. The molecule has 5 rings (SSSR count). The van der Waals surface area contributed by atoms with E-state index < -0.39 is 0 Å². The molecule has 0 fully saturated rings. The van der Waals surface area contributed by atoms with E-state index in [2.05, 4.69) is 15.5 Å². The van der Waals surface area contributed by atoms with Crippen LogP contribution in [0.1, 0.15) is 5.56 Å². The third-order valence-corrected chi connectivity index (χ3v) is 5.20. The molecule has 0 saturated carbocycles. The van der Waals surface area contributed by atoms with Gasteiger partial charge in [0.1, 0.15) is 17.8 Å². The molecule has 1 N–H and O–H groups in total. The first kappa shape index (κ1) is 19.6. The summed E-state index contributed by atoms with van der Waals surface area (Å²) >= 11 is 0. The lowest BCUT2D eigenvalue weighted by molar-refractivity contribution is -0.122. The third-order valence-electron chi connectivity index (χ3n) is 5.20. The van der Waals surface area contributed by atoms with E-state index in [0.29, 0.717) is 17.7 Å². The van der Waals surface area contributed by atoms with Crippen molar-refractivity contribution in [2.45, 2.75) is 13.1 Å². The predicted molar refractivity (Wildman–Crippen MR) is 118 cm³/mol. The van der Waals surface area contributed by atoms with Gasteiger partial charge in [-0.2, -0.15) is 5.10 Å². The summed E-state index contributed by atoms with van der Waals surface area (Å²) in [5, 5.41) is 11.8. The number of ether oxygens (including phenoxy) is 1. The molecule has 5 aromatic rings. The summed E-state index contributed by atoms with van der Waals surface area (Å²) < 4.78 is 9.45. The summed E-state index contributed by atoms with van der Waals surface area (Å²) in [4.78, 5) is 25.1. The Balaban J connectivity index is 1.43. The van der Waals surface area contributed by atoms with Crippen molar-refractivity contribution in [2.75, 3.05) is 7.11 Å². The number of aromatic nitrogens is 5. The minimum atomic E-state index is -0.385. The zero-order valence-corrected chi connectivity index (χ0v) is 17.3. The summed E-state index contributed by atoms with van der Waals surface area (Å²) in [6.07, 6.45) is 3.29. The Morgan fingerprint density at radius 2 is 1.81 bits per heavy atom. The van der Waals surface area contributed by atoms with Crippen LogP contribution < -0.4 is 15.7 Å². The first-order valence-corrected chi connectivity index (χ1v) is 10.0. The third kappa shape index (κ3) is 3.60. The molecule has 160 valence electrons. The van der Waals surface area contributed by atoms with Crippen LogP contribution in [0.15, 0.2) is 77.9 Å². The Labute approximate surface area is 182 Å².